The van der Waals surface area contributed by atoms with Gasteiger partial charge in [0.05, 0.1) is 5.41 Å². The highest BCUT2D eigenvalue weighted by Gasteiger charge is 2.53. The van der Waals surface area contributed by atoms with E-state index in [2.05, 4.69) is 27.7 Å². The van der Waals surface area contributed by atoms with Crippen LogP contribution in [0, 0.1) is 22.7 Å². The smallest absolute Gasteiger partial charge is 0.236 e. The maximum Gasteiger partial charge on any atom is 0.236 e. The van der Waals surface area contributed by atoms with Crippen LogP contribution in [-0.2, 0) is 19.4 Å². The summed E-state index contributed by atoms with van der Waals surface area (Å²) in [6.07, 6.45) is 8.84. The Labute approximate surface area is 173 Å². The molecule has 3 atom stereocenters. The zero-order valence-corrected chi connectivity index (χ0v) is 19.4. The lowest BCUT2D eigenvalue weighted by atomic mass is 9.68. The average molecular weight is 397 g/mol. The first kappa shape index (κ1) is 25.3. The van der Waals surface area contributed by atoms with Gasteiger partial charge in [0.1, 0.15) is 11.6 Å². The molecule has 1 saturated heterocycles. The second-order valence-electron chi connectivity index (χ2n) is 9.55. The van der Waals surface area contributed by atoms with Crippen molar-refractivity contribution in [2.45, 2.75) is 119 Å². The van der Waals surface area contributed by atoms with Crippen molar-refractivity contribution < 1.29 is 19.4 Å². The van der Waals surface area contributed by atoms with Gasteiger partial charge < -0.3 is 0 Å². The van der Waals surface area contributed by atoms with Gasteiger partial charge in [0.15, 0.2) is 0 Å². The summed E-state index contributed by atoms with van der Waals surface area (Å²) in [4.78, 5) is 36.8. The lowest BCUT2D eigenvalue weighted by Gasteiger charge is -2.33. The lowest BCUT2D eigenvalue weighted by molar-refractivity contribution is -0.137. The fourth-order valence-corrected chi connectivity index (χ4v) is 4.25. The summed E-state index contributed by atoms with van der Waals surface area (Å²) in [5.74, 6) is 0.754. The molecule has 1 fully saturated rings. The van der Waals surface area contributed by atoms with Gasteiger partial charge in [-0.25, -0.2) is 0 Å². The van der Waals surface area contributed by atoms with Crippen molar-refractivity contribution in [2.24, 2.45) is 22.7 Å². The minimum atomic E-state index is -0.670. The Balaban J connectivity index is 2.85. The van der Waals surface area contributed by atoms with Crippen LogP contribution in [0.25, 0.3) is 0 Å². The Hall–Kier alpha value is -0.740. The van der Waals surface area contributed by atoms with E-state index in [4.69, 9.17) is 9.78 Å². The molecule has 0 amide bonds. The Kier molecular flexibility index (Phi) is 10.3. The van der Waals surface area contributed by atoms with E-state index in [1.165, 1.54) is 0 Å². The van der Waals surface area contributed by atoms with Crippen LogP contribution in [0.4, 0.5) is 0 Å². The zero-order chi connectivity index (χ0) is 21.4. The Morgan fingerprint density at radius 3 is 1.64 bits per heavy atom. The van der Waals surface area contributed by atoms with E-state index in [9.17, 15) is 9.59 Å². The standard InChI is InChI=1S/C24H44O4/c1-8-12-14-18(10-3)20(25)23(5,6)16-17-24(7,22-27-28-22)21(26)19(11-4)15-13-9-2/h18-19,22H,8-17H2,1-7H3. The molecule has 0 aromatic heterocycles. The lowest BCUT2D eigenvalue weighted by Crippen LogP contribution is -2.40. The third-order valence-electron chi connectivity index (χ3n) is 6.75. The summed E-state index contributed by atoms with van der Waals surface area (Å²) in [6, 6.07) is 0. The number of hydrogen-bond acceptors (Lipinski definition) is 4. The molecule has 1 aliphatic heterocycles. The van der Waals surface area contributed by atoms with Gasteiger partial charge in [0.25, 0.3) is 0 Å². The van der Waals surface area contributed by atoms with Crippen molar-refractivity contribution in [1.29, 1.82) is 0 Å². The maximum atomic E-state index is 13.4. The molecule has 0 aliphatic carbocycles. The van der Waals surface area contributed by atoms with Crippen LogP contribution in [0.15, 0.2) is 0 Å². The van der Waals surface area contributed by atoms with Gasteiger partial charge >= 0.3 is 0 Å². The summed E-state index contributed by atoms with van der Waals surface area (Å²) >= 11 is 0. The number of carbonyl (C=O) groups excluding carboxylic acids is 2. The predicted molar refractivity (Wildman–Crippen MR) is 114 cm³/mol. The topological polar surface area (TPSA) is 59.2 Å². The van der Waals surface area contributed by atoms with Gasteiger partial charge in [-0.2, -0.15) is 9.78 Å². The largest absolute Gasteiger partial charge is 0.299 e. The van der Waals surface area contributed by atoms with Crippen molar-refractivity contribution >= 4 is 11.6 Å². The molecule has 4 heteroatoms. The molecule has 0 N–H and O–H groups in total. The first-order chi connectivity index (χ1) is 13.2. The highest BCUT2D eigenvalue weighted by Crippen LogP contribution is 2.45. The van der Waals surface area contributed by atoms with Gasteiger partial charge in [-0.05, 0) is 45.4 Å². The quantitative estimate of drug-likeness (QED) is 0.216. The maximum absolute atomic E-state index is 13.4. The van der Waals surface area contributed by atoms with E-state index in [-0.39, 0.29) is 17.6 Å². The van der Waals surface area contributed by atoms with Crippen LogP contribution in [0.3, 0.4) is 0 Å². The fraction of sp³-hybridized carbons (Fsp3) is 0.917. The van der Waals surface area contributed by atoms with Crippen LogP contribution in [0.1, 0.15) is 113 Å². The normalized spacial score (nSPS) is 19.1. The molecule has 0 aromatic carbocycles. The molecule has 0 radical (unpaired) electrons. The first-order valence-electron chi connectivity index (χ1n) is 11.6. The summed E-state index contributed by atoms with van der Waals surface area (Å²) in [5.41, 5.74) is -1.10. The Bertz CT molecular complexity index is 495. The number of hydrogen-bond donors (Lipinski definition) is 0. The molecular formula is C24H44O4. The summed E-state index contributed by atoms with van der Waals surface area (Å²) in [6.45, 7) is 14.6. The number of carbonyl (C=O) groups is 2. The van der Waals surface area contributed by atoms with E-state index in [1.807, 2.05) is 20.8 Å². The molecule has 1 aliphatic rings. The van der Waals surface area contributed by atoms with Gasteiger partial charge in [-0.1, -0.05) is 67.2 Å². The van der Waals surface area contributed by atoms with Crippen LogP contribution in [0.5, 0.6) is 0 Å². The minimum Gasteiger partial charge on any atom is -0.299 e. The summed E-state index contributed by atoms with van der Waals surface area (Å²) < 4.78 is 0. The van der Waals surface area contributed by atoms with Crippen LogP contribution in [0.2, 0.25) is 0 Å². The molecule has 4 nitrogen and oxygen atoms in total. The zero-order valence-electron chi connectivity index (χ0n) is 19.4. The van der Waals surface area contributed by atoms with E-state index < -0.39 is 17.1 Å². The van der Waals surface area contributed by atoms with Gasteiger partial charge in [-0.15, -0.1) is 0 Å². The average Bonchev–Trinajstić information content (AvgIpc) is 3.52. The van der Waals surface area contributed by atoms with Crippen molar-refractivity contribution in [2.75, 3.05) is 0 Å². The molecule has 0 saturated carbocycles. The summed E-state index contributed by atoms with van der Waals surface area (Å²) in [7, 11) is 0. The monoisotopic (exact) mass is 396 g/mol. The third kappa shape index (κ3) is 6.66. The van der Waals surface area contributed by atoms with Gasteiger partial charge in [0.2, 0.25) is 6.29 Å². The number of rotatable bonds is 16. The Morgan fingerprint density at radius 1 is 0.786 bits per heavy atom. The predicted octanol–water partition coefficient (Wildman–Crippen LogP) is 6.66. The van der Waals surface area contributed by atoms with Crippen molar-refractivity contribution in [3.8, 4) is 0 Å². The second kappa shape index (κ2) is 11.4. The molecule has 28 heavy (non-hydrogen) atoms. The van der Waals surface area contributed by atoms with Crippen LogP contribution in [-0.4, -0.2) is 17.9 Å². The molecule has 0 spiro atoms. The molecule has 0 bridgehead atoms. The molecule has 1 heterocycles. The van der Waals surface area contributed by atoms with E-state index >= 15 is 0 Å². The third-order valence-corrected chi connectivity index (χ3v) is 6.75. The molecule has 164 valence electrons. The fourth-order valence-electron chi connectivity index (χ4n) is 4.25. The van der Waals surface area contributed by atoms with E-state index in [0.717, 1.165) is 51.4 Å². The highest BCUT2D eigenvalue weighted by molar-refractivity contribution is 5.88. The number of unbranched alkanes of at least 4 members (excludes halogenated alkanes) is 2. The molecule has 0 aromatic rings. The second-order valence-corrected chi connectivity index (χ2v) is 9.55. The Morgan fingerprint density at radius 2 is 1.25 bits per heavy atom. The van der Waals surface area contributed by atoms with Gasteiger partial charge in [0, 0.05) is 17.3 Å². The molecular weight excluding hydrogens is 352 g/mol. The van der Waals surface area contributed by atoms with Crippen molar-refractivity contribution in [3.05, 3.63) is 0 Å². The van der Waals surface area contributed by atoms with Crippen molar-refractivity contribution in [3.63, 3.8) is 0 Å². The SMILES string of the molecule is CCCCC(CC)C(=O)C(C)(C)CCC(C)(C(=O)C(CC)CCCC)C1OO1. The molecule has 1 rings (SSSR count). The minimum absolute atomic E-state index is 0.0458. The highest BCUT2D eigenvalue weighted by atomic mass is 17.4. The number of ketones is 2. The first-order valence-corrected chi connectivity index (χ1v) is 11.6. The van der Waals surface area contributed by atoms with Crippen molar-refractivity contribution in [1.82, 2.24) is 0 Å². The summed E-state index contributed by atoms with van der Waals surface area (Å²) in [5, 5.41) is 0. The van der Waals surface area contributed by atoms with Crippen LogP contribution >= 0.6 is 0 Å². The van der Waals surface area contributed by atoms with Crippen LogP contribution < -0.4 is 0 Å². The van der Waals surface area contributed by atoms with Gasteiger partial charge in [-0.3, -0.25) is 9.59 Å². The van der Waals surface area contributed by atoms with E-state index in [1.54, 1.807) is 0 Å². The van der Waals surface area contributed by atoms with E-state index in [0.29, 0.717) is 18.6 Å². The molecule has 3 unspecified atom stereocenters. The number of Topliss-reactive ketones (excluding diaryl/α,β-unsaturated/α-hetero) is 2.